The number of phenols is 1. The summed E-state index contributed by atoms with van der Waals surface area (Å²) in [6, 6.07) is 65.1. The van der Waals surface area contributed by atoms with Crippen LogP contribution < -0.4 is 9.80 Å². The number of fused-ring (bicyclic) bond motifs is 8. The molecule has 0 bridgehead atoms. The fourth-order valence-corrected chi connectivity index (χ4v) is 8.77. The summed E-state index contributed by atoms with van der Waals surface area (Å²) in [5, 5.41) is 17.5. The predicted molar refractivity (Wildman–Crippen MR) is 244 cm³/mol. The normalized spacial score (nSPS) is 11.6. The van der Waals surface area contributed by atoms with Crippen LogP contribution in [0.1, 0.15) is 11.1 Å². The number of nitrogens with zero attached hydrogens (tertiary/aromatic N) is 2. The number of hydrogen-bond acceptors (Lipinski definition) is 5. The van der Waals surface area contributed by atoms with Gasteiger partial charge in [-0.3, -0.25) is 0 Å². The number of benzene rings is 9. The number of para-hydroxylation sites is 5. The van der Waals surface area contributed by atoms with E-state index in [-0.39, 0.29) is 0 Å². The summed E-state index contributed by atoms with van der Waals surface area (Å²) in [5.74, 6) is 0.291. The van der Waals surface area contributed by atoms with E-state index in [1.165, 1.54) is 0 Å². The van der Waals surface area contributed by atoms with Crippen LogP contribution in [0.25, 0.3) is 65.8 Å². The van der Waals surface area contributed by atoms with Crippen LogP contribution in [0.3, 0.4) is 0 Å². The van der Waals surface area contributed by atoms with E-state index in [1.807, 2.05) is 43.3 Å². The number of hydrogen-bond donors (Lipinski definition) is 1. The molecular formula is C54H38N2O3. The Balaban J connectivity index is 1.13. The van der Waals surface area contributed by atoms with Gasteiger partial charge in [0.2, 0.25) is 0 Å². The zero-order valence-corrected chi connectivity index (χ0v) is 32.6. The SMILES string of the molecule is Cc1cccc(-c2cccc(N(c3ccccc3)c3cc4oc5ccc(N(c6ccccc6)c6cccc7c6oc6c(C)cccc67)cc5c4c4ccccc34)c2)c1O. The molecule has 2 heterocycles. The van der Waals surface area contributed by atoms with E-state index in [2.05, 4.69) is 168 Å². The molecule has 2 aromatic heterocycles. The molecule has 0 amide bonds. The Kier molecular flexibility index (Phi) is 8.02. The molecule has 0 saturated heterocycles. The van der Waals surface area contributed by atoms with Crippen molar-refractivity contribution < 1.29 is 13.9 Å². The molecule has 0 fully saturated rings. The second-order valence-corrected chi connectivity index (χ2v) is 15.2. The van der Waals surface area contributed by atoms with E-state index >= 15 is 0 Å². The number of aryl methyl sites for hydroxylation is 2. The van der Waals surface area contributed by atoms with E-state index in [4.69, 9.17) is 8.83 Å². The minimum absolute atomic E-state index is 0.291. The van der Waals surface area contributed by atoms with Crippen molar-refractivity contribution >= 4 is 88.8 Å². The van der Waals surface area contributed by atoms with Gasteiger partial charge in [-0.1, -0.05) is 121 Å². The smallest absolute Gasteiger partial charge is 0.159 e. The van der Waals surface area contributed by atoms with Crippen LogP contribution in [0.2, 0.25) is 0 Å². The maximum Gasteiger partial charge on any atom is 0.159 e. The van der Waals surface area contributed by atoms with Crippen molar-refractivity contribution in [2.75, 3.05) is 9.80 Å². The van der Waals surface area contributed by atoms with Gasteiger partial charge in [0, 0.05) is 61.3 Å². The third-order valence-electron chi connectivity index (χ3n) is 11.6. The zero-order chi connectivity index (χ0) is 39.6. The third-order valence-corrected chi connectivity index (χ3v) is 11.6. The highest BCUT2D eigenvalue weighted by Crippen LogP contribution is 2.48. The molecule has 11 aromatic rings. The van der Waals surface area contributed by atoms with Crippen LogP contribution >= 0.6 is 0 Å². The number of aromatic hydroxyl groups is 1. The van der Waals surface area contributed by atoms with E-state index < -0.39 is 0 Å². The predicted octanol–water partition coefficient (Wildman–Crippen LogP) is 15.6. The highest BCUT2D eigenvalue weighted by Gasteiger charge is 2.24. The molecule has 0 atom stereocenters. The molecule has 0 aliphatic rings. The average Bonchev–Trinajstić information content (AvgIpc) is 3.85. The number of furan rings is 2. The van der Waals surface area contributed by atoms with E-state index in [1.54, 1.807) is 0 Å². The van der Waals surface area contributed by atoms with Crippen molar-refractivity contribution in [1.82, 2.24) is 0 Å². The lowest BCUT2D eigenvalue weighted by molar-refractivity contribution is 0.473. The maximum atomic E-state index is 11.1. The van der Waals surface area contributed by atoms with Gasteiger partial charge < -0.3 is 23.7 Å². The van der Waals surface area contributed by atoms with Gasteiger partial charge in [-0.05, 0) is 96.6 Å². The summed E-state index contributed by atoms with van der Waals surface area (Å²) in [6.45, 7) is 4.03. The van der Waals surface area contributed by atoms with Gasteiger partial charge in [0.05, 0.1) is 11.4 Å². The lowest BCUT2D eigenvalue weighted by Crippen LogP contribution is -2.10. The van der Waals surface area contributed by atoms with Gasteiger partial charge in [0.1, 0.15) is 22.5 Å². The molecule has 9 aromatic carbocycles. The first kappa shape index (κ1) is 34.5. The minimum atomic E-state index is 0.291. The van der Waals surface area contributed by atoms with Crippen molar-refractivity contribution in [2.24, 2.45) is 0 Å². The molecular weight excluding hydrogens is 725 g/mol. The Bertz CT molecular complexity index is 3380. The summed E-state index contributed by atoms with van der Waals surface area (Å²) < 4.78 is 13.5. The van der Waals surface area contributed by atoms with Gasteiger partial charge in [-0.15, -0.1) is 0 Å². The second-order valence-electron chi connectivity index (χ2n) is 15.2. The summed E-state index contributed by atoms with van der Waals surface area (Å²) in [4.78, 5) is 4.56. The Labute approximate surface area is 341 Å². The van der Waals surface area contributed by atoms with Crippen molar-refractivity contribution in [1.29, 1.82) is 0 Å². The van der Waals surface area contributed by atoms with Crippen LogP contribution in [0.5, 0.6) is 5.75 Å². The fraction of sp³-hybridized carbons (Fsp3) is 0.0370. The van der Waals surface area contributed by atoms with Gasteiger partial charge in [-0.2, -0.15) is 0 Å². The molecule has 1 N–H and O–H groups in total. The van der Waals surface area contributed by atoms with Gasteiger partial charge >= 0.3 is 0 Å². The van der Waals surface area contributed by atoms with E-state index in [9.17, 15) is 5.11 Å². The Morgan fingerprint density at radius 3 is 1.76 bits per heavy atom. The van der Waals surface area contributed by atoms with Crippen LogP contribution in [-0.4, -0.2) is 5.11 Å². The standard InChI is InChI=1S/C54H38N2O3/c1-34-15-11-25-41(52(34)57)36-17-13-22-39(31-36)56(38-20-7-4-8-21-38)48-33-50-51(43-24-10-9-23-42(43)48)46-32-40(29-30-49(46)58-50)55(37-18-5-3-6-19-37)47-28-14-27-45-44-26-12-16-35(2)53(44)59-54(45)47/h3-33,57H,1-2H3. The lowest BCUT2D eigenvalue weighted by atomic mass is 9.99. The average molecular weight is 763 g/mol. The highest BCUT2D eigenvalue weighted by atomic mass is 16.3. The van der Waals surface area contributed by atoms with Gasteiger partial charge in [0.25, 0.3) is 0 Å². The van der Waals surface area contributed by atoms with Crippen LogP contribution in [0, 0.1) is 13.8 Å². The molecule has 0 saturated carbocycles. The molecule has 0 aliphatic carbocycles. The molecule has 0 radical (unpaired) electrons. The quantitative estimate of drug-likeness (QED) is 0.175. The molecule has 0 spiro atoms. The maximum absolute atomic E-state index is 11.1. The minimum Gasteiger partial charge on any atom is -0.507 e. The second kappa shape index (κ2) is 13.7. The molecule has 282 valence electrons. The Hall–Kier alpha value is -7.76. The first-order chi connectivity index (χ1) is 29.0. The summed E-state index contributed by atoms with van der Waals surface area (Å²) in [6.07, 6.45) is 0. The zero-order valence-electron chi connectivity index (χ0n) is 32.6. The van der Waals surface area contributed by atoms with Gasteiger partial charge in [-0.25, -0.2) is 0 Å². The Morgan fingerprint density at radius 2 is 0.983 bits per heavy atom. The molecule has 11 rings (SSSR count). The van der Waals surface area contributed by atoms with E-state index in [0.29, 0.717) is 5.75 Å². The molecule has 59 heavy (non-hydrogen) atoms. The van der Waals surface area contributed by atoms with Crippen LogP contribution in [-0.2, 0) is 0 Å². The van der Waals surface area contributed by atoms with Gasteiger partial charge in [0.15, 0.2) is 5.58 Å². The molecule has 5 nitrogen and oxygen atoms in total. The van der Waals surface area contributed by atoms with Crippen molar-refractivity contribution in [2.45, 2.75) is 13.8 Å². The van der Waals surface area contributed by atoms with Crippen molar-refractivity contribution in [3.05, 3.63) is 199 Å². The van der Waals surface area contributed by atoms with Crippen LogP contribution in [0.4, 0.5) is 34.1 Å². The topological polar surface area (TPSA) is 53.0 Å². The number of rotatable bonds is 7. The van der Waals surface area contributed by atoms with Crippen molar-refractivity contribution in [3.8, 4) is 16.9 Å². The summed E-state index contributed by atoms with van der Waals surface area (Å²) in [7, 11) is 0. The molecule has 0 aliphatic heterocycles. The first-order valence-corrected chi connectivity index (χ1v) is 19.9. The fourth-order valence-electron chi connectivity index (χ4n) is 8.77. The Morgan fingerprint density at radius 1 is 0.390 bits per heavy atom. The highest BCUT2D eigenvalue weighted by molar-refractivity contribution is 6.23. The van der Waals surface area contributed by atoms with Crippen molar-refractivity contribution in [3.63, 3.8) is 0 Å². The number of anilines is 6. The monoisotopic (exact) mass is 762 g/mol. The third kappa shape index (κ3) is 5.62. The summed E-state index contributed by atoms with van der Waals surface area (Å²) in [5.41, 5.74) is 13.0. The molecule has 5 heteroatoms. The lowest BCUT2D eigenvalue weighted by Gasteiger charge is -2.27. The number of phenolic OH excluding ortho intramolecular Hbond substituents is 1. The van der Waals surface area contributed by atoms with E-state index in [0.717, 1.165) is 111 Å². The molecule has 0 unspecified atom stereocenters. The largest absolute Gasteiger partial charge is 0.507 e. The first-order valence-electron chi connectivity index (χ1n) is 19.9. The van der Waals surface area contributed by atoms with Crippen LogP contribution in [0.15, 0.2) is 197 Å². The summed E-state index contributed by atoms with van der Waals surface area (Å²) >= 11 is 0.